The molecule has 6 atom stereocenters. The lowest BCUT2D eigenvalue weighted by atomic mass is 9.53. The first-order valence-corrected chi connectivity index (χ1v) is 12.5. The van der Waals surface area contributed by atoms with Gasteiger partial charge in [-0.15, -0.1) is 0 Å². The van der Waals surface area contributed by atoms with Gasteiger partial charge in [-0.05, 0) is 6.42 Å². The molecule has 0 radical (unpaired) electrons. The van der Waals surface area contributed by atoms with Crippen molar-refractivity contribution >= 4 is 23.8 Å². The second kappa shape index (κ2) is 13.4. The van der Waals surface area contributed by atoms with E-state index in [9.17, 15) is 34.5 Å². The van der Waals surface area contributed by atoms with Crippen molar-refractivity contribution in [1.29, 1.82) is 0 Å². The van der Waals surface area contributed by atoms with E-state index in [-0.39, 0.29) is 0 Å². The van der Waals surface area contributed by atoms with Crippen molar-refractivity contribution in [2.24, 2.45) is 35.5 Å². The summed E-state index contributed by atoms with van der Waals surface area (Å²) in [4.78, 5) is 48.3. The van der Waals surface area contributed by atoms with Gasteiger partial charge in [-0.1, -0.05) is 83.3 Å². The summed E-state index contributed by atoms with van der Waals surface area (Å²) in [5.74, 6) is -11.4. The van der Waals surface area contributed by atoms with E-state index in [1.807, 2.05) is 0 Å². The van der Waals surface area contributed by atoms with Gasteiger partial charge in [0.25, 0.3) is 0 Å². The smallest absolute Gasteiger partial charge is 0.308 e. The summed E-state index contributed by atoms with van der Waals surface area (Å²) in [5, 5.41) is 31.7. The van der Waals surface area contributed by atoms with E-state index in [1.165, 1.54) is 57.1 Å². The molecular formula is C25H39NO7. The molecule has 8 heteroatoms. The molecule has 1 fully saturated rings. The topological polar surface area (TPSA) is 141 Å². The van der Waals surface area contributed by atoms with Crippen LogP contribution in [0, 0.1) is 35.5 Å². The first kappa shape index (κ1) is 26.9. The number of nitrogens with one attached hydrogen (secondary N) is 1. The average Bonchev–Trinajstić information content (AvgIpc) is 2.78. The minimum absolute atomic E-state index is 0.403. The van der Waals surface area contributed by atoms with Crippen molar-refractivity contribution in [3.05, 3.63) is 12.2 Å². The monoisotopic (exact) mass is 465 g/mol. The number of unbranched alkanes of at least 4 members (excludes halogenated alkanes) is 10. The molecule has 6 unspecified atom stereocenters. The van der Waals surface area contributed by atoms with Gasteiger partial charge < -0.3 is 20.6 Å². The molecule has 3 rings (SSSR count). The van der Waals surface area contributed by atoms with Crippen molar-refractivity contribution in [3.8, 4) is 0 Å². The zero-order valence-electron chi connectivity index (χ0n) is 19.6. The Balaban J connectivity index is 1.79. The van der Waals surface area contributed by atoms with Gasteiger partial charge in [0.15, 0.2) is 0 Å². The highest BCUT2D eigenvalue weighted by molar-refractivity contribution is 5.90. The second-order valence-corrected chi connectivity index (χ2v) is 9.48. The Morgan fingerprint density at radius 2 is 0.970 bits per heavy atom. The quantitative estimate of drug-likeness (QED) is 0.200. The molecule has 0 aliphatic heterocycles. The van der Waals surface area contributed by atoms with E-state index >= 15 is 0 Å². The van der Waals surface area contributed by atoms with Crippen LogP contribution in [0.1, 0.15) is 77.6 Å². The Hall–Kier alpha value is -2.38. The van der Waals surface area contributed by atoms with Gasteiger partial charge in [-0.2, -0.15) is 0 Å². The molecule has 4 N–H and O–H groups in total. The summed E-state index contributed by atoms with van der Waals surface area (Å²) >= 11 is 0. The highest BCUT2D eigenvalue weighted by Crippen LogP contribution is 2.51. The van der Waals surface area contributed by atoms with Crippen molar-refractivity contribution in [2.75, 3.05) is 6.54 Å². The Morgan fingerprint density at radius 3 is 1.39 bits per heavy atom. The van der Waals surface area contributed by atoms with E-state index in [0.29, 0.717) is 6.54 Å². The fourth-order valence-corrected chi connectivity index (χ4v) is 5.55. The van der Waals surface area contributed by atoms with E-state index in [0.717, 1.165) is 25.7 Å². The van der Waals surface area contributed by atoms with Crippen LogP contribution in [-0.2, 0) is 19.2 Å². The van der Waals surface area contributed by atoms with Crippen molar-refractivity contribution in [3.63, 3.8) is 0 Å². The predicted molar refractivity (Wildman–Crippen MR) is 122 cm³/mol. The maximum atomic E-state index is 12.9. The summed E-state index contributed by atoms with van der Waals surface area (Å²) in [6.45, 7) is 2.62. The number of carbonyl (C=O) groups is 4. The molecule has 0 aromatic carbocycles. The Kier molecular flexibility index (Phi) is 10.9. The third-order valence-electron chi connectivity index (χ3n) is 7.23. The molecular weight excluding hydrogens is 426 g/mol. The maximum absolute atomic E-state index is 12.9. The number of rotatable bonds is 16. The molecule has 1 amide bonds. The van der Waals surface area contributed by atoms with E-state index < -0.39 is 59.3 Å². The van der Waals surface area contributed by atoms with Crippen molar-refractivity contribution < 1.29 is 34.5 Å². The molecule has 0 heterocycles. The van der Waals surface area contributed by atoms with Crippen LogP contribution in [0.25, 0.3) is 0 Å². The molecule has 0 saturated heterocycles. The summed E-state index contributed by atoms with van der Waals surface area (Å²) in [6.07, 6.45) is 16.0. The van der Waals surface area contributed by atoms with Crippen LogP contribution in [0.2, 0.25) is 0 Å². The lowest BCUT2D eigenvalue weighted by Gasteiger charge is -2.48. The Bertz CT molecular complexity index is 720. The van der Waals surface area contributed by atoms with Crippen LogP contribution >= 0.6 is 0 Å². The summed E-state index contributed by atoms with van der Waals surface area (Å²) in [7, 11) is 0. The highest BCUT2D eigenvalue weighted by Gasteiger charge is 2.60. The Morgan fingerprint density at radius 1 is 0.606 bits per heavy atom. The largest absolute Gasteiger partial charge is 0.481 e. The van der Waals surface area contributed by atoms with Gasteiger partial charge in [-0.25, -0.2) is 0 Å². The number of allylic oxidation sites excluding steroid dienone is 2. The maximum Gasteiger partial charge on any atom is 0.308 e. The predicted octanol–water partition coefficient (Wildman–Crippen LogP) is 3.95. The number of fused-ring (bicyclic) bond motifs is 2. The van der Waals surface area contributed by atoms with Gasteiger partial charge in [0, 0.05) is 18.4 Å². The van der Waals surface area contributed by atoms with Crippen LogP contribution in [0.15, 0.2) is 12.2 Å². The van der Waals surface area contributed by atoms with Crippen molar-refractivity contribution in [2.45, 2.75) is 77.6 Å². The van der Waals surface area contributed by atoms with Gasteiger partial charge in [-0.3, -0.25) is 19.2 Å². The number of amides is 1. The standard InChI is InChI=1S/C25H39NO7/c1-2-3-4-5-6-7-8-9-10-11-12-15-26-22(27)18-16-13-14-17(19(18)23(28)29)21(25(32)33)20(16)24(30)31/h13-14,16-21H,2-12,15H2,1H3,(H,26,27)(H,28,29)(H,30,31)(H,32,33). The first-order chi connectivity index (χ1) is 15.8. The molecule has 0 aromatic heterocycles. The highest BCUT2D eigenvalue weighted by atomic mass is 16.4. The summed E-state index contributed by atoms with van der Waals surface area (Å²) < 4.78 is 0. The fraction of sp³-hybridized carbons (Fsp3) is 0.760. The molecule has 2 bridgehead atoms. The zero-order valence-corrected chi connectivity index (χ0v) is 19.6. The SMILES string of the molecule is CCCCCCCCCCCCCNC(=O)C1C2C=CC(C(C(=O)O)C2C(=O)O)C1C(=O)O. The van der Waals surface area contributed by atoms with Crippen LogP contribution in [0.3, 0.4) is 0 Å². The molecule has 0 spiro atoms. The lowest BCUT2D eigenvalue weighted by molar-refractivity contribution is -0.173. The number of carboxylic acid groups (broad SMARTS) is 3. The minimum atomic E-state index is -1.35. The number of carbonyl (C=O) groups excluding carboxylic acids is 1. The zero-order chi connectivity index (χ0) is 24.4. The minimum Gasteiger partial charge on any atom is -0.481 e. The number of hydrogen-bond acceptors (Lipinski definition) is 4. The third-order valence-corrected chi connectivity index (χ3v) is 7.23. The summed E-state index contributed by atoms with van der Waals surface area (Å²) in [5.41, 5.74) is 0. The average molecular weight is 466 g/mol. The third kappa shape index (κ3) is 7.05. The van der Waals surface area contributed by atoms with Gasteiger partial charge in [0.1, 0.15) is 0 Å². The van der Waals surface area contributed by atoms with E-state index in [2.05, 4.69) is 12.2 Å². The van der Waals surface area contributed by atoms with Gasteiger partial charge >= 0.3 is 17.9 Å². The molecule has 3 aliphatic carbocycles. The van der Waals surface area contributed by atoms with Crippen LogP contribution in [0.4, 0.5) is 0 Å². The fourth-order valence-electron chi connectivity index (χ4n) is 5.55. The van der Waals surface area contributed by atoms with Crippen LogP contribution in [-0.4, -0.2) is 45.7 Å². The molecule has 33 heavy (non-hydrogen) atoms. The molecule has 1 saturated carbocycles. The summed E-state index contributed by atoms with van der Waals surface area (Å²) in [6, 6.07) is 0. The molecule has 186 valence electrons. The number of carboxylic acids is 3. The molecule has 3 aliphatic rings. The van der Waals surface area contributed by atoms with Crippen LogP contribution in [0.5, 0.6) is 0 Å². The molecule has 0 aromatic rings. The lowest BCUT2D eigenvalue weighted by Crippen LogP contribution is -2.59. The van der Waals surface area contributed by atoms with Crippen molar-refractivity contribution in [1.82, 2.24) is 5.32 Å². The second-order valence-electron chi connectivity index (χ2n) is 9.48. The van der Waals surface area contributed by atoms with Gasteiger partial charge in [0.2, 0.25) is 5.91 Å². The normalized spacial score (nSPS) is 27.9. The first-order valence-electron chi connectivity index (χ1n) is 12.5. The van der Waals surface area contributed by atoms with E-state index in [4.69, 9.17) is 0 Å². The Labute approximate surface area is 195 Å². The van der Waals surface area contributed by atoms with Crippen LogP contribution < -0.4 is 5.32 Å². The van der Waals surface area contributed by atoms with Gasteiger partial charge in [0.05, 0.1) is 23.7 Å². The van der Waals surface area contributed by atoms with E-state index in [1.54, 1.807) is 0 Å². The number of hydrogen-bond donors (Lipinski definition) is 4. The number of aliphatic carboxylic acids is 3. The molecule has 8 nitrogen and oxygen atoms in total.